The van der Waals surface area contributed by atoms with Crippen molar-refractivity contribution in [3.63, 3.8) is 0 Å². The van der Waals surface area contributed by atoms with Crippen molar-refractivity contribution >= 4 is 37.6 Å². The molecule has 0 aliphatic carbocycles. The van der Waals surface area contributed by atoms with Gasteiger partial charge in [0.05, 0.1) is 0 Å². The van der Waals surface area contributed by atoms with Gasteiger partial charge < -0.3 is 4.74 Å². The highest BCUT2D eigenvalue weighted by Gasteiger charge is 2.34. The Hall–Kier alpha value is -1.29. The molecule has 0 radical (unpaired) electrons. The Labute approximate surface area is 149 Å². The molecule has 0 aliphatic heterocycles. The van der Waals surface area contributed by atoms with E-state index in [2.05, 4.69) is 25.4 Å². The topological polar surface area (TPSA) is 55.4 Å². The first-order chi connectivity index (χ1) is 11.1. The van der Waals surface area contributed by atoms with E-state index in [9.17, 15) is 21.6 Å². The molecule has 0 aliphatic rings. The summed E-state index contributed by atoms with van der Waals surface area (Å²) in [6.07, 6.45) is -5.02. The van der Waals surface area contributed by atoms with Crippen LogP contribution in [0, 0.1) is 0 Å². The molecule has 0 saturated carbocycles. The summed E-state index contributed by atoms with van der Waals surface area (Å²) in [5.74, 6) is -0.824. The van der Waals surface area contributed by atoms with Gasteiger partial charge in [-0.15, -0.1) is 13.2 Å². The summed E-state index contributed by atoms with van der Waals surface area (Å²) in [7, 11) is -4.23. The number of hydrogen-bond donors (Lipinski definition) is 1. The van der Waals surface area contributed by atoms with E-state index in [4.69, 9.17) is 11.6 Å². The van der Waals surface area contributed by atoms with Gasteiger partial charge in [0.25, 0.3) is 0 Å². The van der Waals surface area contributed by atoms with Gasteiger partial charge in [-0.1, -0.05) is 39.7 Å². The van der Waals surface area contributed by atoms with Crippen LogP contribution in [0.25, 0.3) is 0 Å². The van der Waals surface area contributed by atoms with Crippen molar-refractivity contribution < 1.29 is 26.3 Å². The first kappa shape index (κ1) is 19.0. The summed E-state index contributed by atoms with van der Waals surface area (Å²) in [5, 5.41) is 0.413. The van der Waals surface area contributed by atoms with Crippen molar-refractivity contribution in [2.24, 2.45) is 0 Å². The molecule has 0 atom stereocenters. The van der Waals surface area contributed by atoms with E-state index in [0.29, 0.717) is 10.6 Å². The van der Waals surface area contributed by atoms with Crippen molar-refractivity contribution in [2.75, 3.05) is 0 Å². The van der Waals surface area contributed by atoms with E-state index < -0.39 is 27.0 Å². The van der Waals surface area contributed by atoms with Crippen LogP contribution in [0.2, 0.25) is 5.02 Å². The first-order valence-electron chi connectivity index (χ1n) is 6.36. The Balaban J connectivity index is 2.28. The number of rotatable bonds is 5. The molecule has 4 nitrogen and oxygen atoms in total. The molecule has 0 unspecified atom stereocenters. The second-order valence-corrected chi connectivity index (χ2v) is 7.68. The highest BCUT2D eigenvalue weighted by Crippen LogP contribution is 2.32. The lowest BCUT2D eigenvalue weighted by Crippen LogP contribution is -2.25. The van der Waals surface area contributed by atoms with Gasteiger partial charge in [0, 0.05) is 16.0 Å². The lowest BCUT2D eigenvalue weighted by atomic mass is 10.2. The fourth-order valence-corrected chi connectivity index (χ4v) is 3.49. The predicted molar refractivity (Wildman–Crippen MR) is 86.3 cm³/mol. The Morgan fingerprint density at radius 1 is 1.17 bits per heavy atom. The standard InChI is InChI=1S/C14H10BrClF3NO3S/c15-10-4-5-13(12(7-10)23-14(17,18)19)24(21,22)20-8-9-2-1-3-11(16)6-9/h1-7,20H,8H2. The minimum Gasteiger partial charge on any atom is -0.404 e. The lowest BCUT2D eigenvalue weighted by molar-refractivity contribution is -0.275. The molecule has 0 heterocycles. The molecular weight excluding hydrogens is 435 g/mol. The molecule has 0 fully saturated rings. The zero-order chi connectivity index (χ0) is 18.0. The van der Waals surface area contributed by atoms with Gasteiger partial charge in [-0.05, 0) is 35.9 Å². The van der Waals surface area contributed by atoms with E-state index in [1.165, 1.54) is 6.07 Å². The van der Waals surface area contributed by atoms with Crippen LogP contribution in [0.1, 0.15) is 5.56 Å². The Morgan fingerprint density at radius 2 is 1.88 bits per heavy atom. The lowest BCUT2D eigenvalue weighted by Gasteiger charge is -2.14. The first-order valence-corrected chi connectivity index (χ1v) is 9.02. The largest absolute Gasteiger partial charge is 0.573 e. The number of hydrogen-bond acceptors (Lipinski definition) is 3. The second kappa shape index (κ2) is 7.30. The predicted octanol–water partition coefficient (Wildman–Crippen LogP) is 4.48. The van der Waals surface area contributed by atoms with Gasteiger partial charge in [0.1, 0.15) is 4.90 Å². The number of nitrogens with one attached hydrogen (secondary N) is 1. The number of benzene rings is 2. The van der Waals surface area contributed by atoms with Gasteiger partial charge >= 0.3 is 6.36 Å². The molecule has 24 heavy (non-hydrogen) atoms. The molecule has 130 valence electrons. The van der Waals surface area contributed by atoms with Gasteiger partial charge in [0.15, 0.2) is 5.75 Å². The van der Waals surface area contributed by atoms with Crippen molar-refractivity contribution in [1.82, 2.24) is 4.72 Å². The minimum absolute atomic E-state index is 0.135. The molecule has 2 aromatic carbocycles. The molecule has 0 aromatic heterocycles. The third-order valence-electron chi connectivity index (χ3n) is 2.78. The van der Waals surface area contributed by atoms with Crippen LogP contribution in [0.5, 0.6) is 5.75 Å². The minimum atomic E-state index is -5.02. The third-order valence-corrected chi connectivity index (χ3v) is 4.95. The van der Waals surface area contributed by atoms with E-state index in [-0.39, 0.29) is 11.0 Å². The highest BCUT2D eigenvalue weighted by atomic mass is 79.9. The fourth-order valence-electron chi connectivity index (χ4n) is 1.81. The van der Waals surface area contributed by atoms with Crippen LogP contribution in [-0.2, 0) is 16.6 Å². The maximum absolute atomic E-state index is 12.5. The smallest absolute Gasteiger partial charge is 0.404 e. The molecule has 1 N–H and O–H groups in total. The average molecular weight is 445 g/mol. The number of ether oxygens (including phenoxy) is 1. The molecule has 0 spiro atoms. The summed E-state index contributed by atoms with van der Waals surface area (Å²) in [6.45, 7) is -0.135. The van der Waals surface area contributed by atoms with E-state index in [1.807, 2.05) is 0 Å². The fraction of sp³-hybridized carbons (Fsp3) is 0.143. The third kappa shape index (κ3) is 5.37. The van der Waals surface area contributed by atoms with E-state index in [1.54, 1.807) is 24.3 Å². The monoisotopic (exact) mass is 443 g/mol. The van der Waals surface area contributed by atoms with Crippen LogP contribution in [0.4, 0.5) is 13.2 Å². The SMILES string of the molecule is O=S(=O)(NCc1cccc(Cl)c1)c1ccc(Br)cc1OC(F)(F)F. The summed E-state index contributed by atoms with van der Waals surface area (Å²) in [6, 6.07) is 9.67. The molecular formula is C14H10BrClF3NO3S. The summed E-state index contributed by atoms with van der Waals surface area (Å²) in [5.41, 5.74) is 0.557. The Bertz CT molecular complexity index is 843. The number of alkyl halides is 3. The van der Waals surface area contributed by atoms with Gasteiger partial charge in [-0.25, -0.2) is 13.1 Å². The van der Waals surface area contributed by atoms with Gasteiger partial charge in [-0.3, -0.25) is 0 Å². The molecule has 0 amide bonds. The maximum atomic E-state index is 12.5. The molecule has 10 heteroatoms. The Kier molecular flexibility index (Phi) is 5.79. The normalized spacial score (nSPS) is 12.2. The number of sulfonamides is 1. The average Bonchev–Trinajstić information content (AvgIpc) is 2.43. The van der Waals surface area contributed by atoms with E-state index in [0.717, 1.165) is 12.1 Å². The van der Waals surface area contributed by atoms with Crippen LogP contribution in [0.15, 0.2) is 51.8 Å². The van der Waals surface area contributed by atoms with Crippen LogP contribution in [0.3, 0.4) is 0 Å². The number of halogens is 5. The maximum Gasteiger partial charge on any atom is 0.573 e. The molecule has 2 aromatic rings. The van der Waals surface area contributed by atoms with Crippen molar-refractivity contribution in [2.45, 2.75) is 17.8 Å². The summed E-state index contributed by atoms with van der Waals surface area (Å²) in [4.78, 5) is -0.620. The van der Waals surface area contributed by atoms with E-state index >= 15 is 0 Å². The molecule has 0 bridgehead atoms. The van der Waals surface area contributed by atoms with Crippen LogP contribution in [-0.4, -0.2) is 14.8 Å². The highest BCUT2D eigenvalue weighted by molar-refractivity contribution is 9.10. The van der Waals surface area contributed by atoms with Gasteiger partial charge in [-0.2, -0.15) is 0 Å². The van der Waals surface area contributed by atoms with Gasteiger partial charge in [0.2, 0.25) is 10.0 Å². The Morgan fingerprint density at radius 3 is 2.50 bits per heavy atom. The summed E-state index contributed by atoms with van der Waals surface area (Å²) < 4.78 is 68.3. The van der Waals surface area contributed by atoms with Crippen molar-refractivity contribution in [3.8, 4) is 5.75 Å². The second-order valence-electron chi connectivity index (χ2n) is 4.59. The molecule has 0 saturated heterocycles. The van der Waals surface area contributed by atoms with Crippen molar-refractivity contribution in [1.29, 1.82) is 0 Å². The summed E-state index contributed by atoms with van der Waals surface area (Å²) >= 11 is 8.78. The zero-order valence-electron chi connectivity index (χ0n) is 11.8. The van der Waals surface area contributed by atoms with Crippen LogP contribution >= 0.6 is 27.5 Å². The van der Waals surface area contributed by atoms with Crippen molar-refractivity contribution in [3.05, 3.63) is 57.5 Å². The molecule has 2 rings (SSSR count). The quantitative estimate of drug-likeness (QED) is 0.740. The van der Waals surface area contributed by atoms with Crippen LogP contribution < -0.4 is 9.46 Å². The zero-order valence-corrected chi connectivity index (χ0v) is 14.9.